The maximum absolute atomic E-state index is 11.6. The van der Waals surface area contributed by atoms with Crippen molar-refractivity contribution in [3.63, 3.8) is 0 Å². The predicted octanol–water partition coefficient (Wildman–Crippen LogP) is 1.28. The van der Waals surface area contributed by atoms with E-state index in [1.54, 1.807) is 0 Å². The Morgan fingerprint density at radius 1 is 1.47 bits per heavy atom. The molecule has 0 aromatic carbocycles. The number of carbonyl (C=O) groups is 1. The maximum atomic E-state index is 11.6. The van der Waals surface area contributed by atoms with E-state index >= 15 is 0 Å². The van der Waals surface area contributed by atoms with Gasteiger partial charge in [-0.15, -0.1) is 0 Å². The fourth-order valence-electron chi connectivity index (χ4n) is 2.68. The summed E-state index contributed by atoms with van der Waals surface area (Å²) in [6.45, 7) is 4.66. The summed E-state index contributed by atoms with van der Waals surface area (Å²) in [6, 6.07) is 0. The summed E-state index contributed by atoms with van der Waals surface area (Å²) in [7, 11) is 1.41. The topological polar surface area (TPSA) is 48.1 Å². The minimum atomic E-state index is -0.671. The van der Waals surface area contributed by atoms with Crippen LogP contribution >= 0.6 is 0 Å². The van der Waals surface area contributed by atoms with Gasteiger partial charge in [-0.25, -0.2) is 4.79 Å². The van der Waals surface area contributed by atoms with Crippen molar-refractivity contribution in [2.24, 2.45) is 0 Å². The summed E-state index contributed by atoms with van der Waals surface area (Å²) in [6.07, 6.45) is 2.58. The molecule has 1 spiro atoms. The van der Waals surface area contributed by atoms with Crippen molar-refractivity contribution < 1.29 is 19.0 Å². The summed E-state index contributed by atoms with van der Waals surface area (Å²) in [4.78, 5) is 11.6. The third kappa shape index (κ3) is 1.31. The van der Waals surface area contributed by atoms with E-state index in [9.17, 15) is 4.79 Å². The first-order chi connectivity index (χ1) is 7.14. The van der Waals surface area contributed by atoms with Crippen molar-refractivity contribution in [2.75, 3.05) is 13.7 Å². The molecule has 4 heteroatoms. The van der Waals surface area contributed by atoms with Crippen LogP contribution in [0, 0.1) is 0 Å². The molecule has 15 heavy (non-hydrogen) atoms. The van der Waals surface area contributed by atoms with Crippen LogP contribution in [-0.4, -0.2) is 37.0 Å². The van der Waals surface area contributed by atoms with E-state index in [2.05, 4.69) is 0 Å². The van der Waals surface area contributed by atoms with Gasteiger partial charge < -0.3 is 14.2 Å². The van der Waals surface area contributed by atoms with E-state index in [1.165, 1.54) is 7.11 Å². The van der Waals surface area contributed by atoms with Gasteiger partial charge in [0.25, 0.3) is 0 Å². The van der Waals surface area contributed by atoms with Gasteiger partial charge in [0.15, 0.2) is 5.60 Å². The van der Waals surface area contributed by atoms with Crippen LogP contribution < -0.4 is 0 Å². The van der Waals surface area contributed by atoms with Gasteiger partial charge in [0.2, 0.25) is 0 Å². The number of methoxy groups -OCH3 is 1. The van der Waals surface area contributed by atoms with E-state index in [-0.39, 0.29) is 17.7 Å². The van der Waals surface area contributed by atoms with Crippen LogP contribution in [0.5, 0.6) is 0 Å². The van der Waals surface area contributed by atoms with Gasteiger partial charge in [-0.05, 0) is 13.3 Å². The molecule has 0 N–H and O–H groups in total. The van der Waals surface area contributed by atoms with Gasteiger partial charge in [-0.2, -0.15) is 0 Å². The summed E-state index contributed by atoms with van der Waals surface area (Å²) in [5, 5.41) is 0. The van der Waals surface area contributed by atoms with Crippen LogP contribution in [0.3, 0.4) is 0 Å². The number of esters is 1. The van der Waals surface area contributed by atoms with Crippen molar-refractivity contribution in [3.05, 3.63) is 0 Å². The molecule has 1 aliphatic heterocycles. The van der Waals surface area contributed by atoms with Crippen molar-refractivity contribution in [1.29, 1.82) is 0 Å². The SMILES string of the molecule is CCOC1CC2(C1)OC2(CC)C(=O)OC. The van der Waals surface area contributed by atoms with E-state index in [0.717, 1.165) is 19.4 Å². The van der Waals surface area contributed by atoms with Crippen LogP contribution in [-0.2, 0) is 19.0 Å². The molecule has 2 aliphatic rings. The highest BCUT2D eigenvalue weighted by atomic mass is 16.7. The molecule has 0 aromatic rings. The van der Waals surface area contributed by atoms with Crippen LogP contribution in [0.4, 0.5) is 0 Å². The molecule has 1 aliphatic carbocycles. The summed E-state index contributed by atoms with van der Waals surface area (Å²) in [5.41, 5.74) is -0.940. The molecule has 1 saturated carbocycles. The number of rotatable bonds is 4. The molecule has 4 nitrogen and oxygen atoms in total. The fourth-order valence-corrected chi connectivity index (χ4v) is 2.68. The zero-order valence-electron chi connectivity index (χ0n) is 9.54. The number of hydrogen-bond donors (Lipinski definition) is 0. The molecule has 86 valence electrons. The minimum absolute atomic E-state index is 0.236. The van der Waals surface area contributed by atoms with Gasteiger partial charge >= 0.3 is 5.97 Å². The Kier molecular flexibility index (Phi) is 2.51. The summed E-state index contributed by atoms with van der Waals surface area (Å²) >= 11 is 0. The molecule has 0 bridgehead atoms. The Labute approximate surface area is 89.9 Å². The second-order valence-corrected chi connectivity index (χ2v) is 4.25. The third-order valence-electron chi connectivity index (χ3n) is 3.59. The van der Waals surface area contributed by atoms with E-state index in [1.807, 2.05) is 13.8 Å². The number of carbonyl (C=O) groups excluding carboxylic acids is 1. The monoisotopic (exact) mass is 214 g/mol. The average molecular weight is 214 g/mol. The van der Waals surface area contributed by atoms with E-state index < -0.39 is 5.60 Å². The maximum Gasteiger partial charge on any atom is 0.341 e. The molecule has 0 aromatic heterocycles. The van der Waals surface area contributed by atoms with Crippen molar-refractivity contribution in [2.45, 2.75) is 50.4 Å². The standard InChI is InChI=1S/C11H18O4/c1-4-11(9(12)13-3)10(15-11)6-8(7-10)14-5-2/h8H,4-7H2,1-3H3. The lowest BCUT2D eigenvalue weighted by atomic mass is 9.72. The average Bonchev–Trinajstić information content (AvgIpc) is 2.87. The Morgan fingerprint density at radius 3 is 2.60 bits per heavy atom. The zero-order chi connectivity index (χ0) is 11.1. The Morgan fingerprint density at radius 2 is 2.13 bits per heavy atom. The Bertz CT molecular complexity index is 270. The van der Waals surface area contributed by atoms with Crippen LogP contribution in [0.15, 0.2) is 0 Å². The third-order valence-corrected chi connectivity index (χ3v) is 3.59. The molecule has 0 amide bonds. The first-order valence-corrected chi connectivity index (χ1v) is 5.54. The minimum Gasteiger partial charge on any atom is -0.467 e. The van der Waals surface area contributed by atoms with Crippen LogP contribution in [0.1, 0.15) is 33.1 Å². The number of hydrogen-bond acceptors (Lipinski definition) is 4. The molecule has 1 saturated heterocycles. The highest BCUT2D eigenvalue weighted by Gasteiger charge is 2.78. The molecule has 0 radical (unpaired) electrons. The van der Waals surface area contributed by atoms with Gasteiger partial charge in [-0.3, -0.25) is 0 Å². The lowest BCUT2D eigenvalue weighted by molar-refractivity contribution is -0.147. The van der Waals surface area contributed by atoms with Gasteiger partial charge in [-0.1, -0.05) is 6.92 Å². The van der Waals surface area contributed by atoms with E-state index in [4.69, 9.17) is 14.2 Å². The molecule has 1 unspecified atom stereocenters. The van der Waals surface area contributed by atoms with Gasteiger partial charge in [0, 0.05) is 19.4 Å². The smallest absolute Gasteiger partial charge is 0.341 e. The highest BCUT2D eigenvalue weighted by Crippen LogP contribution is 2.62. The van der Waals surface area contributed by atoms with Crippen molar-refractivity contribution >= 4 is 5.97 Å². The summed E-state index contributed by atoms with van der Waals surface area (Å²) in [5.74, 6) is -0.236. The lowest BCUT2D eigenvalue weighted by Gasteiger charge is -2.34. The van der Waals surface area contributed by atoms with Crippen LogP contribution in [0.25, 0.3) is 0 Å². The molecule has 1 atom stereocenters. The molecule has 2 rings (SSSR count). The summed E-state index contributed by atoms with van der Waals surface area (Å²) < 4.78 is 15.9. The quantitative estimate of drug-likeness (QED) is 0.522. The Balaban J connectivity index is 1.96. The van der Waals surface area contributed by atoms with Gasteiger partial charge in [0.1, 0.15) is 5.60 Å². The van der Waals surface area contributed by atoms with E-state index in [0.29, 0.717) is 6.42 Å². The largest absolute Gasteiger partial charge is 0.467 e. The first kappa shape index (κ1) is 10.9. The lowest BCUT2D eigenvalue weighted by Crippen LogP contribution is -2.47. The zero-order valence-corrected chi connectivity index (χ0v) is 9.54. The number of ether oxygens (including phenoxy) is 3. The second kappa shape index (κ2) is 3.46. The van der Waals surface area contributed by atoms with Crippen molar-refractivity contribution in [3.8, 4) is 0 Å². The van der Waals surface area contributed by atoms with Crippen LogP contribution in [0.2, 0.25) is 0 Å². The molecular formula is C11H18O4. The first-order valence-electron chi connectivity index (χ1n) is 5.54. The predicted molar refractivity (Wildman–Crippen MR) is 53.5 cm³/mol. The van der Waals surface area contributed by atoms with Crippen molar-refractivity contribution in [1.82, 2.24) is 0 Å². The Hall–Kier alpha value is -0.610. The highest BCUT2D eigenvalue weighted by molar-refractivity contribution is 5.85. The molecule has 2 fully saturated rings. The molecule has 1 heterocycles. The fraction of sp³-hybridized carbons (Fsp3) is 0.909. The normalized spacial score (nSPS) is 42.5. The molecular weight excluding hydrogens is 196 g/mol. The number of epoxide rings is 1. The second-order valence-electron chi connectivity index (χ2n) is 4.25. The van der Waals surface area contributed by atoms with Gasteiger partial charge in [0.05, 0.1) is 13.2 Å².